The monoisotopic (exact) mass is 663 g/mol. The summed E-state index contributed by atoms with van der Waals surface area (Å²) in [4.78, 5) is 42.8. The number of nitrogens with one attached hydrogen (secondary N) is 3. The topological polar surface area (TPSA) is 123 Å². The molecule has 0 saturated carbocycles. The van der Waals surface area contributed by atoms with Crippen molar-refractivity contribution in [3.8, 4) is 5.75 Å². The lowest BCUT2D eigenvalue weighted by atomic mass is 9.99. The average Bonchev–Trinajstić information content (AvgIpc) is 3.06. The van der Waals surface area contributed by atoms with Gasteiger partial charge in [0, 0.05) is 36.3 Å². The summed E-state index contributed by atoms with van der Waals surface area (Å²) in [6, 6.07) is 20.2. The first-order chi connectivity index (χ1) is 22.8. The van der Waals surface area contributed by atoms with Gasteiger partial charge in [0.05, 0.1) is 36.0 Å². The van der Waals surface area contributed by atoms with Crippen LogP contribution in [0.25, 0.3) is 10.8 Å². The number of hydrogen-bond donors (Lipinski definition) is 4. The molecule has 1 heterocycles. The fourth-order valence-electron chi connectivity index (χ4n) is 5.45. The molecule has 4 aromatic rings. The number of halogens is 3. The summed E-state index contributed by atoms with van der Waals surface area (Å²) < 4.78 is 45.0. The number of hydrogen-bond acceptors (Lipinski definition) is 5. The SMILES string of the molecule is C[C@H](CO)N1C[C@H](C)[C@@H](CN(C)C(=O)Nc2cccc3ccccc23)Oc2ccc(NC(=O)Nc3ccc(C(F)(F)F)cc3)cc2C1=O. The van der Waals surface area contributed by atoms with Crippen LogP contribution >= 0.6 is 0 Å². The van der Waals surface area contributed by atoms with Crippen molar-refractivity contribution in [2.45, 2.75) is 32.2 Å². The van der Waals surface area contributed by atoms with Crippen LogP contribution in [0.4, 0.5) is 39.8 Å². The van der Waals surface area contributed by atoms with E-state index in [0.29, 0.717) is 5.69 Å². The molecule has 13 heteroatoms. The predicted octanol–water partition coefficient (Wildman–Crippen LogP) is 6.89. The second-order valence-electron chi connectivity index (χ2n) is 11.8. The van der Waals surface area contributed by atoms with Crippen LogP contribution in [0.2, 0.25) is 0 Å². The molecule has 4 aromatic carbocycles. The molecule has 1 aliphatic rings. The lowest BCUT2D eigenvalue weighted by Crippen LogP contribution is -2.50. The number of alkyl halides is 3. The van der Waals surface area contributed by atoms with Crippen molar-refractivity contribution in [3.05, 3.63) is 96.1 Å². The number of rotatable bonds is 7. The van der Waals surface area contributed by atoms with Gasteiger partial charge in [-0.3, -0.25) is 4.79 Å². The Morgan fingerprint density at radius 2 is 1.65 bits per heavy atom. The average molecular weight is 664 g/mol. The van der Waals surface area contributed by atoms with Gasteiger partial charge in [-0.1, -0.05) is 43.3 Å². The van der Waals surface area contributed by atoms with Crippen LogP contribution in [0.15, 0.2) is 84.9 Å². The van der Waals surface area contributed by atoms with Crippen LogP contribution in [0, 0.1) is 5.92 Å². The first-order valence-corrected chi connectivity index (χ1v) is 15.3. The number of benzene rings is 4. The fraction of sp³-hybridized carbons (Fsp3) is 0.286. The number of carbonyl (C=O) groups is 3. The summed E-state index contributed by atoms with van der Waals surface area (Å²) in [6.45, 7) is 3.71. The highest BCUT2D eigenvalue weighted by Crippen LogP contribution is 2.32. The summed E-state index contributed by atoms with van der Waals surface area (Å²) in [5, 5.41) is 19.9. The van der Waals surface area contributed by atoms with E-state index < -0.39 is 35.8 Å². The molecule has 48 heavy (non-hydrogen) atoms. The van der Waals surface area contributed by atoms with E-state index in [1.54, 1.807) is 14.0 Å². The highest BCUT2D eigenvalue weighted by molar-refractivity contribution is 6.03. The maximum Gasteiger partial charge on any atom is 0.416 e. The fourth-order valence-corrected chi connectivity index (χ4v) is 5.45. The van der Waals surface area contributed by atoms with E-state index in [4.69, 9.17) is 4.74 Å². The number of aliphatic hydroxyl groups excluding tert-OH is 1. The molecule has 0 unspecified atom stereocenters. The molecule has 0 spiro atoms. The van der Waals surface area contributed by atoms with Gasteiger partial charge in [0.2, 0.25) is 0 Å². The molecule has 10 nitrogen and oxygen atoms in total. The zero-order valence-corrected chi connectivity index (χ0v) is 26.5. The number of fused-ring (bicyclic) bond motifs is 2. The van der Waals surface area contributed by atoms with Gasteiger partial charge in [-0.15, -0.1) is 0 Å². The van der Waals surface area contributed by atoms with Crippen molar-refractivity contribution in [2.75, 3.05) is 42.7 Å². The van der Waals surface area contributed by atoms with E-state index in [1.165, 1.54) is 28.0 Å². The standard InChI is InChI=1S/C35H36F3N5O5/c1-21-18-43(22(2)20-44)32(45)28-17-26(40-33(46)39-25-13-11-24(12-14-25)35(36,37)38)15-16-30(28)48-31(21)19-42(3)34(47)41-29-10-6-8-23-7-4-5-9-27(23)29/h4-17,21-22,31,44H,18-20H2,1-3H3,(H,41,47)(H2,39,40,46)/t21-,22+,31+/m0/s1. The van der Waals surface area contributed by atoms with Gasteiger partial charge in [0.25, 0.3) is 5.91 Å². The molecule has 0 saturated heterocycles. The third-order valence-electron chi connectivity index (χ3n) is 8.22. The Kier molecular flexibility index (Phi) is 10.1. The van der Waals surface area contributed by atoms with Crippen molar-refractivity contribution in [3.63, 3.8) is 0 Å². The largest absolute Gasteiger partial charge is 0.487 e. The van der Waals surface area contributed by atoms with Crippen molar-refractivity contribution >= 4 is 45.8 Å². The van der Waals surface area contributed by atoms with E-state index in [1.807, 2.05) is 49.4 Å². The van der Waals surface area contributed by atoms with Crippen molar-refractivity contribution in [1.82, 2.24) is 9.80 Å². The van der Waals surface area contributed by atoms with E-state index in [-0.39, 0.29) is 54.3 Å². The molecule has 5 rings (SSSR count). The molecule has 252 valence electrons. The summed E-state index contributed by atoms with van der Waals surface area (Å²) in [6.07, 6.45) is -5.07. The zero-order chi connectivity index (χ0) is 34.6. The zero-order valence-electron chi connectivity index (χ0n) is 26.5. The molecule has 0 fully saturated rings. The molecule has 4 N–H and O–H groups in total. The molecular weight excluding hydrogens is 627 g/mol. The summed E-state index contributed by atoms with van der Waals surface area (Å²) in [5.74, 6) is -0.454. The number of carbonyl (C=O) groups excluding carboxylic acids is 3. The smallest absolute Gasteiger partial charge is 0.416 e. The number of nitrogens with zero attached hydrogens (tertiary/aromatic N) is 2. The van der Waals surface area contributed by atoms with Crippen molar-refractivity contribution in [2.24, 2.45) is 5.92 Å². The minimum absolute atomic E-state index is 0.127. The number of urea groups is 2. The van der Waals surface area contributed by atoms with E-state index in [0.717, 1.165) is 35.0 Å². The number of likely N-dealkylation sites (N-methyl/N-ethyl adjacent to an activating group) is 1. The molecule has 5 amide bonds. The minimum Gasteiger partial charge on any atom is -0.487 e. The Morgan fingerprint density at radius 1 is 0.979 bits per heavy atom. The van der Waals surface area contributed by atoms with Crippen molar-refractivity contribution < 1.29 is 37.4 Å². The number of amides is 5. The molecule has 1 aliphatic heterocycles. The van der Waals surface area contributed by atoms with E-state index in [2.05, 4.69) is 16.0 Å². The maximum absolute atomic E-state index is 13.8. The van der Waals surface area contributed by atoms with Gasteiger partial charge >= 0.3 is 18.2 Å². The van der Waals surface area contributed by atoms with E-state index in [9.17, 15) is 32.7 Å². The number of aliphatic hydroxyl groups is 1. The van der Waals surface area contributed by atoms with Crippen LogP contribution < -0.4 is 20.7 Å². The number of ether oxygens (including phenoxy) is 1. The molecule has 3 atom stereocenters. The number of anilines is 3. The highest BCUT2D eigenvalue weighted by atomic mass is 19.4. The summed E-state index contributed by atoms with van der Waals surface area (Å²) in [5.41, 5.74) is 0.308. The lowest BCUT2D eigenvalue weighted by molar-refractivity contribution is -0.137. The van der Waals surface area contributed by atoms with Crippen LogP contribution in [-0.2, 0) is 6.18 Å². The van der Waals surface area contributed by atoms with Crippen LogP contribution in [0.5, 0.6) is 5.75 Å². The quantitative estimate of drug-likeness (QED) is 0.172. The van der Waals surface area contributed by atoms with Crippen LogP contribution in [-0.4, -0.2) is 71.8 Å². The van der Waals surface area contributed by atoms with Gasteiger partial charge in [0.1, 0.15) is 11.9 Å². The second kappa shape index (κ2) is 14.2. The third-order valence-corrected chi connectivity index (χ3v) is 8.22. The molecule has 0 aromatic heterocycles. The van der Waals surface area contributed by atoms with Gasteiger partial charge < -0.3 is 35.6 Å². The van der Waals surface area contributed by atoms with Gasteiger partial charge in [-0.05, 0) is 60.8 Å². The summed E-state index contributed by atoms with van der Waals surface area (Å²) in [7, 11) is 1.65. The molecule has 0 radical (unpaired) electrons. The van der Waals surface area contributed by atoms with Gasteiger partial charge in [-0.2, -0.15) is 13.2 Å². The van der Waals surface area contributed by atoms with Crippen molar-refractivity contribution in [1.29, 1.82) is 0 Å². The van der Waals surface area contributed by atoms with Crippen LogP contribution in [0.1, 0.15) is 29.8 Å². The maximum atomic E-state index is 13.8. The molecule has 0 aliphatic carbocycles. The normalized spacial score (nSPS) is 17.0. The predicted molar refractivity (Wildman–Crippen MR) is 177 cm³/mol. The summed E-state index contributed by atoms with van der Waals surface area (Å²) >= 11 is 0. The van der Waals surface area contributed by atoms with Gasteiger partial charge in [0.15, 0.2) is 0 Å². The molecule has 0 bridgehead atoms. The lowest BCUT2D eigenvalue weighted by Gasteiger charge is -2.38. The first kappa shape index (κ1) is 34.0. The van der Waals surface area contributed by atoms with Crippen LogP contribution in [0.3, 0.4) is 0 Å². The minimum atomic E-state index is -4.51. The molecular formula is C35H36F3N5O5. The highest BCUT2D eigenvalue weighted by Gasteiger charge is 2.34. The Morgan fingerprint density at radius 3 is 2.35 bits per heavy atom. The Hall–Kier alpha value is -5.30. The third kappa shape index (κ3) is 7.80. The first-order valence-electron chi connectivity index (χ1n) is 15.3. The second-order valence-corrected chi connectivity index (χ2v) is 11.8. The Labute approximate surface area is 275 Å². The van der Waals surface area contributed by atoms with E-state index >= 15 is 0 Å². The Bertz CT molecular complexity index is 1790. The Balaban J connectivity index is 1.34. The van der Waals surface area contributed by atoms with Gasteiger partial charge in [-0.25, -0.2) is 9.59 Å².